The van der Waals surface area contributed by atoms with Gasteiger partial charge in [0.15, 0.2) is 0 Å². The molecule has 0 bridgehead atoms. The van der Waals surface area contributed by atoms with Crippen LogP contribution in [0.25, 0.3) is 0 Å². The molecule has 0 aromatic heterocycles. The van der Waals surface area contributed by atoms with Crippen molar-refractivity contribution in [2.75, 3.05) is 20.2 Å². The zero-order valence-electron chi connectivity index (χ0n) is 11.3. The lowest BCUT2D eigenvalue weighted by Crippen LogP contribution is -2.18. The summed E-state index contributed by atoms with van der Waals surface area (Å²) in [6.45, 7) is 3.54. The number of hydrogen-bond donors (Lipinski definition) is 0. The molecule has 100 valence electrons. The number of nitrogens with zero attached hydrogens (tertiary/aromatic N) is 2. The van der Waals surface area contributed by atoms with Gasteiger partial charge in [-0.1, -0.05) is 18.2 Å². The summed E-state index contributed by atoms with van der Waals surface area (Å²) >= 11 is 0. The van der Waals surface area contributed by atoms with Gasteiger partial charge in [-0.2, -0.15) is 5.26 Å². The minimum atomic E-state index is -0.317. The number of esters is 1. The first kappa shape index (κ1) is 14.9. The summed E-state index contributed by atoms with van der Waals surface area (Å²) in [4.78, 5) is 13.2. The topological polar surface area (TPSA) is 53.3 Å². The van der Waals surface area contributed by atoms with Crippen LogP contribution in [0.1, 0.15) is 18.1 Å². The van der Waals surface area contributed by atoms with Crippen LogP contribution in [0.5, 0.6) is 0 Å². The Balaban J connectivity index is 2.44. The Morgan fingerprint density at radius 1 is 1.53 bits per heavy atom. The van der Waals surface area contributed by atoms with Crippen LogP contribution in [0.2, 0.25) is 0 Å². The van der Waals surface area contributed by atoms with Gasteiger partial charge in [0.05, 0.1) is 18.2 Å². The molecule has 0 radical (unpaired) electrons. The number of nitriles is 1. The standard InChI is InChI=1S/C15H18N2O2/c1-3-19-15(18)8-5-9-17(2)12-14-7-4-6-13(10-14)11-16/h4-8,10H,3,9,12H2,1-2H3/b8-5+. The number of ether oxygens (including phenoxy) is 1. The third-order valence-corrected chi connectivity index (χ3v) is 2.47. The molecule has 0 fully saturated rings. The van der Waals surface area contributed by atoms with E-state index in [1.165, 1.54) is 6.08 Å². The predicted molar refractivity (Wildman–Crippen MR) is 73.3 cm³/mol. The predicted octanol–water partition coefficient (Wildman–Crippen LogP) is 2.11. The lowest BCUT2D eigenvalue weighted by Gasteiger charge is -2.14. The summed E-state index contributed by atoms with van der Waals surface area (Å²) in [5.41, 5.74) is 1.74. The van der Waals surface area contributed by atoms with Crippen LogP contribution < -0.4 is 0 Å². The molecule has 0 aliphatic carbocycles. The van der Waals surface area contributed by atoms with Crippen LogP contribution in [-0.4, -0.2) is 31.1 Å². The van der Waals surface area contributed by atoms with Crippen LogP contribution in [0.4, 0.5) is 0 Å². The minimum absolute atomic E-state index is 0.317. The van der Waals surface area contributed by atoms with Gasteiger partial charge in [0.25, 0.3) is 0 Å². The monoisotopic (exact) mass is 258 g/mol. The number of likely N-dealkylation sites (N-methyl/N-ethyl adjacent to an activating group) is 1. The van der Waals surface area contributed by atoms with Gasteiger partial charge in [-0.15, -0.1) is 0 Å². The van der Waals surface area contributed by atoms with Crippen molar-refractivity contribution in [3.63, 3.8) is 0 Å². The van der Waals surface area contributed by atoms with Gasteiger partial charge in [-0.25, -0.2) is 4.79 Å². The van der Waals surface area contributed by atoms with Gasteiger partial charge in [-0.05, 0) is 31.7 Å². The highest BCUT2D eigenvalue weighted by atomic mass is 16.5. The highest BCUT2D eigenvalue weighted by Crippen LogP contribution is 2.06. The molecule has 0 saturated carbocycles. The maximum absolute atomic E-state index is 11.1. The fraction of sp³-hybridized carbons (Fsp3) is 0.333. The third-order valence-electron chi connectivity index (χ3n) is 2.47. The Morgan fingerprint density at radius 3 is 3.00 bits per heavy atom. The molecule has 1 rings (SSSR count). The molecular weight excluding hydrogens is 240 g/mol. The van der Waals surface area contributed by atoms with Crippen molar-refractivity contribution >= 4 is 5.97 Å². The molecule has 0 amide bonds. The van der Waals surface area contributed by atoms with Gasteiger partial charge >= 0.3 is 5.97 Å². The van der Waals surface area contributed by atoms with E-state index in [0.717, 1.165) is 12.1 Å². The van der Waals surface area contributed by atoms with E-state index in [1.807, 2.05) is 30.1 Å². The lowest BCUT2D eigenvalue weighted by molar-refractivity contribution is -0.137. The summed E-state index contributed by atoms with van der Waals surface area (Å²) in [5, 5.41) is 8.82. The Kier molecular flexibility index (Phi) is 6.34. The SMILES string of the molecule is CCOC(=O)/C=C/CN(C)Cc1cccc(C#N)c1. The fourth-order valence-corrected chi connectivity index (χ4v) is 1.63. The van der Waals surface area contributed by atoms with Crippen LogP contribution in [0.15, 0.2) is 36.4 Å². The minimum Gasteiger partial charge on any atom is -0.463 e. The molecule has 1 aromatic rings. The number of benzene rings is 1. The van der Waals surface area contributed by atoms with Crippen molar-refractivity contribution in [1.82, 2.24) is 4.90 Å². The van der Waals surface area contributed by atoms with Gasteiger partial charge in [0.1, 0.15) is 0 Å². The summed E-state index contributed by atoms with van der Waals surface area (Å²) in [6.07, 6.45) is 3.21. The second-order valence-corrected chi connectivity index (χ2v) is 4.16. The molecule has 0 aliphatic rings. The first-order valence-electron chi connectivity index (χ1n) is 6.16. The molecule has 0 spiro atoms. The highest BCUT2D eigenvalue weighted by molar-refractivity contribution is 5.81. The third kappa shape index (κ3) is 5.84. The molecule has 0 aliphatic heterocycles. The van der Waals surface area contributed by atoms with Crippen molar-refractivity contribution in [3.05, 3.63) is 47.5 Å². The van der Waals surface area contributed by atoms with Crippen molar-refractivity contribution in [2.45, 2.75) is 13.5 Å². The maximum atomic E-state index is 11.1. The van der Waals surface area contributed by atoms with Crippen molar-refractivity contribution in [3.8, 4) is 6.07 Å². The van der Waals surface area contributed by atoms with E-state index < -0.39 is 0 Å². The first-order chi connectivity index (χ1) is 9.15. The summed E-state index contributed by atoms with van der Waals surface area (Å²) in [7, 11) is 1.95. The Labute approximate surface area is 113 Å². The molecule has 0 N–H and O–H groups in total. The average molecular weight is 258 g/mol. The second-order valence-electron chi connectivity index (χ2n) is 4.16. The van der Waals surface area contributed by atoms with E-state index in [2.05, 4.69) is 6.07 Å². The van der Waals surface area contributed by atoms with Crippen LogP contribution >= 0.6 is 0 Å². The Hall–Kier alpha value is -2.12. The van der Waals surface area contributed by atoms with E-state index in [4.69, 9.17) is 10.00 Å². The molecule has 4 heteroatoms. The van der Waals surface area contributed by atoms with Crippen molar-refractivity contribution < 1.29 is 9.53 Å². The quantitative estimate of drug-likeness (QED) is 0.579. The van der Waals surface area contributed by atoms with Crippen molar-refractivity contribution in [2.24, 2.45) is 0 Å². The van der Waals surface area contributed by atoms with E-state index in [1.54, 1.807) is 19.1 Å². The fourth-order valence-electron chi connectivity index (χ4n) is 1.63. The van der Waals surface area contributed by atoms with E-state index >= 15 is 0 Å². The van der Waals surface area contributed by atoms with E-state index in [9.17, 15) is 4.79 Å². The lowest BCUT2D eigenvalue weighted by atomic mass is 10.1. The Morgan fingerprint density at radius 2 is 2.32 bits per heavy atom. The van der Waals surface area contributed by atoms with Crippen molar-refractivity contribution in [1.29, 1.82) is 5.26 Å². The van der Waals surface area contributed by atoms with E-state index in [-0.39, 0.29) is 5.97 Å². The Bertz CT molecular complexity index is 489. The zero-order valence-corrected chi connectivity index (χ0v) is 11.3. The second kappa shape index (κ2) is 8.06. The van der Waals surface area contributed by atoms with E-state index in [0.29, 0.717) is 18.7 Å². The summed E-state index contributed by atoms with van der Waals surface area (Å²) in [6, 6.07) is 9.62. The summed E-state index contributed by atoms with van der Waals surface area (Å²) < 4.78 is 4.79. The smallest absolute Gasteiger partial charge is 0.330 e. The van der Waals surface area contributed by atoms with Gasteiger partial charge < -0.3 is 4.74 Å². The number of carbonyl (C=O) groups excluding carboxylic acids is 1. The molecular formula is C15H18N2O2. The average Bonchev–Trinajstić information content (AvgIpc) is 2.39. The normalized spacial score (nSPS) is 10.6. The van der Waals surface area contributed by atoms with Gasteiger partial charge in [-0.3, -0.25) is 4.90 Å². The van der Waals surface area contributed by atoms with Gasteiger partial charge in [0, 0.05) is 19.2 Å². The number of rotatable bonds is 6. The molecule has 0 unspecified atom stereocenters. The first-order valence-corrected chi connectivity index (χ1v) is 6.16. The molecule has 0 saturated heterocycles. The van der Waals surface area contributed by atoms with Crippen LogP contribution in [0.3, 0.4) is 0 Å². The molecule has 19 heavy (non-hydrogen) atoms. The molecule has 1 aromatic carbocycles. The molecule has 0 atom stereocenters. The number of carbonyl (C=O) groups is 1. The molecule has 0 heterocycles. The zero-order chi connectivity index (χ0) is 14.1. The van der Waals surface area contributed by atoms with Crippen LogP contribution in [-0.2, 0) is 16.1 Å². The highest BCUT2D eigenvalue weighted by Gasteiger charge is 2.00. The van der Waals surface area contributed by atoms with Gasteiger partial charge in [0.2, 0.25) is 0 Å². The summed E-state index contributed by atoms with van der Waals surface area (Å²) in [5.74, 6) is -0.317. The maximum Gasteiger partial charge on any atom is 0.330 e. The largest absolute Gasteiger partial charge is 0.463 e. The molecule has 4 nitrogen and oxygen atoms in total. The van der Waals surface area contributed by atoms with Crippen LogP contribution in [0, 0.1) is 11.3 Å². The number of hydrogen-bond acceptors (Lipinski definition) is 4.